The molecule has 152 valence electrons. The maximum absolute atomic E-state index is 13.1. The van der Waals surface area contributed by atoms with E-state index in [0.717, 1.165) is 37.2 Å². The summed E-state index contributed by atoms with van der Waals surface area (Å²) in [5.41, 5.74) is 4.16. The molecule has 1 aliphatic carbocycles. The van der Waals surface area contributed by atoms with E-state index in [1.807, 2.05) is 6.07 Å². The van der Waals surface area contributed by atoms with Crippen LogP contribution in [0, 0.1) is 0 Å². The van der Waals surface area contributed by atoms with Crippen molar-refractivity contribution in [1.29, 1.82) is 0 Å². The Kier molecular flexibility index (Phi) is 4.02. The van der Waals surface area contributed by atoms with Gasteiger partial charge in [-0.2, -0.15) is 10.1 Å². The number of carbonyl (C=O) groups excluding carboxylic acids is 1. The number of pyridine rings is 1. The van der Waals surface area contributed by atoms with Crippen molar-refractivity contribution in [2.45, 2.75) is 25.2 Å². The van der Waals surface area contributed by atoms with Gasteiger partial charge in [0.1, 0.15) is 0 Å². The van der Waals surface area contributed by atoms with Crippen molar-refractivity contribution in [2.75, 3.05) is 31.2 Å². The molecule has 1 saturated carbocycles. The van der Waals surface area contributed by atoms with Gasteiger partial charge in [-0.05, 0) is 30.5 Å². The Balaban J connectivity index is 1.36. The highest BCUT2D eigenvalue weighted by molar-refractivity contribution is 6.02. The predicted molar refractivity (Wildman–Crippen MR) is 108 cm³/mol. The summed E-state index contributed by atoms with van der Waals surface area (Å²) in [4.78, 5) is 28.8. The molecule has 9 heteroatoms. The number of morpholine rings is 1. The molecule has 0 atom stereocenters. The van der Waals surface area contributed by atoms with Gasteiger partial charge in [0.05, 0.1) is 25.0 Å². The summed E-state index contributed by atoms with van der Waals surface area (Å²) < 4.78 is 13.0. The molecule has 4 aromatic rings. The lowest BCUT2D eigenvalue weighted by Crippen LogP contribution is -2.36. The van der Waals surface area contributed by atoms with Gasteiger partial charge in [-0.3, -0.25) is 4.79 Å². The van der Waals surface area contributed by atoms with Crippen LogP contribution in [0.1, 0.15) is 40.4 Å². The fourth-order valence-electron chi connectivity index (χ4n) is 3.94. The highest BCUT2D eigenvalue weighted by Gasteiger charge is 2.30. The van der Waals surface area contributed by atoms with Crippen LogP contribution in [0.4, 0.5) is 6.01 Å². The van der Waals surface area contributed by atoms with Crippen LogP contribution >= 0.6 is 0 Å². The molecule has 9 nitrogen and oxygen atoms in total. The van der Waals surface area contributed by atoms with Gasteiger partial charge in [0.2, 0.25) is 5.65 Å². The fraction of sp³-hybridized carbons (Fsp3) is 0.381. The molecule has 2 aliphatic rings. The predicted octanol–water partition coefficient (Wildman–Crippen LogP) is 2.40. The smallest absolute Gasteiger partial charge is 0.300 e. The van der Waals surface area contributed by atoms with Gasteiger partial charge < -0.3 is 14.1 Å². The summed E-state index contributed by atoms with van der Waals surface area (Å²) in [6, 6.07) is 4.29. The van der Waals surface area contributed by atoms with E-state index in [1.54, 1.807) is 29.2 Å². The van der Waals surface area contributed by atoms with Crippen molar-refractivity contribution < 1.29 is 13.9 Å². The first-order valence-electron chi connectivity index (χ1n) is 10.2. The Hall–Kier alpha value is -3.33. The zero-order valence-corrected chi connectivity index (χ0v) is 16.3. The van der Waals surface area contributed by atoms with Crippen LogP contribution in [0.15, 0.2) is 35.1 Å². The van der Waals surface area contributed by atoms with Crippen molar-refractivity contribution in [1.82, 2.24) is 24.6 Å². The highest BCUT2D eigenvalue weighted by Crippen LogP contribution is 2.42. The van der Waals surface area contributed by atoms with E-state index in [1.165, 1.54) is 0 Å². The van der Waals surface area contributed by atoms with Gasteiger partial charge in [-0.15, -0.1) is 0 Å². The molecule has 0 aromatic carbocycles. The number of hydrogen-bond acceptors (Lipinski definition) is 8. The van der Waals surface area contributed by atoms with Gasteiger partial charge >= 0.3 is 0 Å². The lowest BCUT2D eigenvalue weighted by molar-refractivity contribution is 0.0994. The lowest BCUT2D eigenvalue weighted by Gasteiger charge is -2.24. The molecule has 0 bridgehead atoms. The third kappa shape index (κ3) is 3.02. The van der Waals surface area contributed by atoms with Crippen LogP contribution in [-0.2, 0) is 11.2 Å². The minimum atomic E-state index is -0.0281. The number of oxazole rings is 1. The summed E-state index contributed by atoms with van der Waals surface area (Å²) in [5, 5.41) is 4.23. The monoisotopic (exact) mass is 404 g/mol. The van der Waals surface area contributed by atoms with E-state index in [-0.39, 0.29) is 12.2 Å². The first kappa shape index (κ1) is 17.5. The summed E-state index contributed by atoms with van der Waals surface area (Å²) in [5.74, 6) is 0.363. The van der Waals surface area contributed by atoms with Gasteiger partial charge in [0.25, 0.3) is 6.01 Å². The second-order valence-corrected chi connectivity index (χ2v) is 7.77. The van der Waals surface area contributed by atoms with Crippen LogP contribution in [0.3, 0.4) is 0 Å². The van der Waals surface area contributed by atoms with Crippen LogP contribution in [0.5, 0.6) is 0 Å². The molecule has 6 rings (SSSR count). The maximum atomic E-state index is 13.1. The van der Waals surface area contributed by atoms with Crippen LogP contribution < -0.4 is 4.90 Å². The molecule has 1 saturated heterocycles. The second-order valence-electron chi connectivity index (χ2n) is 7.77. The van der Waals surface area contributed by atoms with E-state index in [0.29, 0.717) is 47.6 Å². The quantitative estimate of drug-likeness (QED) is 0.468. The van der Waals surface area contributed by atoms with Crippen LogP contribution in [0.25, 0.3) is 16.9 Å². The van der Waals surface area contributed by atoms with Gasteiger partial charge in [-0.1, -0.05) is 0 Å². The molecular weight excluding hydrogens is 384 g/mol. The first-order valence-corrected chi connectivity index (χ1v) is 10.2. The SMILES string of the molecule is O=C(Cc1cc2oc(N3CCOCC3)nc2nc1C1CC1)c1cnn2cccnc12. The fourth-order valence-corrected chi connectivity index (χ4v) is 3.94. The van der Waals surface area contributed by atoms with Crippen molar-refractivity contribution in [2.24, 2.45) is 0 Å². The Bertz CT molecular complexity index is 1250. The molecule has 1 aliphatic heterocycles. The topological polar surface area (TPSA) is 98.7 Å². The highest BCUT2D eigenvalue weighted by atomic mass is 16.5. The van der Waals surface area contributed by atoms with E-state index < -0.39 is 0 Å². The summed E-state index contributed by atoms with van der Waals surface area (Å²) >= 11 is 0. The number of nitrogens with zero attached hydrogens (tertiary/aromatic N) is 6. The molecule has 2 fully saturated rings. The van der Waals surface area contributed by atoms with E-state index in [2.05, 4.69) is 20.0 Å². The Morgan fingerprint density at radius 3 is 2.90 bits per heavy atom. The molecule has 5 heterocycles. The van der Waals surface area contributed by atoms with Crippen molar-refractivity contribution in [3.05, 3.63) is 47.5 Å². The Labute approximate surface area is 171 Å². The van der Waals surface area contributed by atoms with Crippen LogP contribution in [0.2, 0.25) is 0 Å². The van der Waals surface area contributed by atoms with E-state index in [9.17, 15) is 4.79 Å². The number of ether oxygens (including phenoxy) is 1. The standard InChI is InChI=1S/C21H20N6O3/c28-16(15-12-23-27-5-1-4-22-20(15)27)10-14-11-17-19(24-18(14)13-2-3-13)25-21(30-17)26-6-8-29-9-7-26/h1,4-5,11-13H,2-3,6-10H2. The number of aromatic nitrogens is 5. The number of ketones is 1. The average Bonchev–Trinajstić information content (AvgIpc) is 3.39. The van der Waals surface area contributed by atoms with Gasteiger partial charge in [0.15, 0.2) is 17.0 Å². The van der Waals surface area contributed by atoms with Crippen LogP contribution in [-0.4, -0.2) is 56.7 Å². The first-order chi connectivity index (χ1) is 14.8. The Morgan fingerprint density at radius 2 is 2.07 bits per heavy atom. The lowest BCUT2D eigenvalue weighted by atomic mass is 10.0. The third-order valence-corrected chi connectivity index (χ3v) is 5.66. The molecule has 0 unspecified atom stereocenters. The number of rotatable bonds is 5. The molecule has 0 N–H and O–H groups in total. The van der Waals surface area contributed by atoms with Crippen molar-refractivity contribution in [3.8, 4) is 0 Å². The van der Waals surface area contributed by atoms with Gasteiger partial charge in [-0.25, -0.2) is 14.5 Å². The normalized spacial score (nSPS) is 17.1. The van der Waals surface area contributed by atoms with Gasteiger partial charge in [0, 0.05) is 43.5 Å². The number of fused-ring (bicyclic) bond motifs is 2. The number of hydrogen-bond donors (Lipinski definition) is 0. The summed E-state index contributed by atoms with van der Waals surface area (Å²) in [6.07, 6.45) is 7.44. The molecule has 0 radical (unpaired) electrons. The molecule has 30 heavy (non-hydrogen) atoms. The maximum Gasteiger partial charge on any atom is 0.300 e. The van der Waals surface area contributed by atoms with E-state index >= 15 is 0 Å². The number of Topliss-reactive ketones (excluding diaryl/α,β-unsaturated/α-hetero) is 1. The minimum absolute atomic E-state index is 0.0281. The minimum Gasteiger partial charge on any atom is -0.422 e. The summed E-state index contributed by atoms with van der Waals surface area (Å²) in [6.45, 7) is 2.81. The van der Waals surface area contributed by atoms with E-state index in [4.69, 9.17) is 14.1 Å². The molecular formula is C21H20N6O3. The second kappa shape index (κ2) is 6.88. The zero-order chi connectivity index (χ0) is 20.1. The van der Waals surface area contributed by atoms with Crippen molar-refractivity contribution in [3.63, 3.8) is 0 Å². The molecule has 0 spiro atoms. The molecule has 4 aromatic heterocycles. The average molecular weight is 404 g/mol. The van der Waals surface area contributed by atoms with Crippen molar-refractivity contribution >= 4 is 28.7 Å². The Morgan fingerprint density at radius 1 is 1.20 bits per heavy atom. The third-order valence-electron chi connectivity index (χ3n) is 5.66. The largest absolute Gasteiger partial charge is 0.422 e. The molecule has 0 amide bonds. The number of carbonyl (C=O) groups is 1. The summed E-state index contributed by atoms with van der Waals surface area (Å²) in [7, 11) is 0. The zero-order valence-electron chi connectivity index (χ0n) is 16.3. The number of anilines is 1.